The minimum absolute atomic E-state index is 0. The normalized spacial score (nSPS) is 13.8. The molecular weight excluding hydrogens is 354 g/mol. The van der Waals surface area contributed by atoms with E-state index in [2.05, 4.69) is 35.7 Å². The quantitative estimate of drug-likeness (QED) is 0.709. The van der Waals surface area contributed by atoms with Crippen molar-refractivity contribution in [3.8, 4) is 0 Å². The van der Waals surface area contributed by atoms with Gasteiger partial charge in [0.05, 0.1) is 0 Å². The Kier molecular flexibility index (Phi) is 4.47. The number of halogens is 1. The van der Waals surface area contributed by atoms with E-state index in [1.165, 1.54) is 6.42 Å². The number of hydrogen-bond donors (Lipinski definition) is 0. The molecule has 12 heavy (non-hydrogen) atoms. The van der Waals surface area contributed by atoms with Crippen molar-refractivity contribution in [3.63, 3.8) is 0 Å². The third-order valence-corrected chi connectivity index (χ3v) is 8.33. The van der Waals surface area contributed by atoms with Gasteiger partial charge in [-0.05, 0) is 0 Å². The van der Waals surface area contributed by atoms with Crippen molar-refractivity contribution >= 4 is 26.4 Å². The summed E-state index contributed by atoms with van der Waals surface area (Å²) in [5, 5.41) is 2.19. The van der Waals surface area contributed by atoms with Crippen LogP contribution in [0.15, 0.2) is 39.1 Å². The first-order valence-electron chi connectivity index (χ1n) is 3.61. The fraction of sp³-hybridized carbons (Fsp3) is 0.111. The monoisotopic (exact) mass is 364 g/mol. The number of rotatable bonds is 2. The first-order valence-corrected chi connectivity index (χ1v) is 8.08. The molecule has 1 heterocycles. The molecule has 0 spiro atoms. The van der Waals surface area contributed by atoms with Crippen LogP contribution in [0.5, 0.6) is 0 Å². The summed E-state index contributed by atoms with van der Waals surface area (Å²) in [6, 6.07) is 4.45. The first kappa shape index (κ1) is 10.4. The third-order valence-electron chi connectivity index (χ3n) is 1.58. The average molecular weight is 363 g/mol. The van der Waals surface area contributed by atoms with Crippen LogP contribution in [0, 0.1) is 0 Å². The van der Waals surface area contributed by atoms with Crippen LogP contribution in [0.4, 0.5) is 0 Å². The summed E-state index contributed by atoms with van der Waals surface area (Å²) in [4.78, 5) is 0. The molecule has 1 aromatic rings. The smallest absolute Gasteiger partial charge is 0.147 e. The Labute approximate surface area is 94.1 Å². The number of hydrogen-bond acceptors (Lipinski definition) is 1. The number of allylic oxidation sites excluding steroid dienone is 4. The zero-order valence-electron chi connectivity index (χ0n) is 6.49. The third kappa shape index (κ3) is 2.68. The van der Waals surface area contributed by atoms with Crippen molar-refractivity contribution in [2.45, 2.75) is 6.42 Å². The molecule has 0 fully saturated rings. The molecule has 1 aliphatic carbocycles. The Bertz CT molecular complexity index is 287. The fourth-order valence-electron chi connectivity index (χ4n) is 1.05. The molecule has 3 heteroatoms. The molecule has 0 nitrogen and oxygen atoms in total. The summed E-state index contributed by atoms with van der Waals surface area (Å²) < 4.78 is 3.40. The summed E-state index contributed by atoms with van der Waals surface area (Å²) >= 11 is 1.36. The molecular formula is C9H9ClHfS. The van der Waals surface area contributed by atoms with Crippen molar-refractivity contribution in [3.05, 3.63) is 39.1 Å². The average Bonchev–Trinajstić information content (AvgIpc) is 2.60. The van der Waals surface area contributed by atoms with Crippen LogP contribution in [0.1, 0.15) is 6.42 Å². The van der Waals surface area contributed by atoms with Gasteiger partial charge in [-0.2, -0.15) is 0 Å². The van der Waals surface area contributed by atoms with Gasteiger partial charge in [-0.1, -0.05) is 0 Å². The van der Waals surface area contributed by atoms with E-state index >= 15 is 0 Å². The van der Waals surface area contributed by atoms with Crippen LogP contribution < -0.4 is 2.63 Å². The summed E-state index contributed by atoms with van der Waals surface area (Å²) in [6.45, 7) is 0. The van der Waals surface area contributed by atoms with Gasteiger partial charge in [-0.25, -0.2) is 0 Å². The Morgan fingerprint density at radius 3 is 2.92 bits per heavy atom. The molecule has 0 saturated heterocycles. The summed E-state index contributed by atoms with van der Waals surface area (Å²) in [5.74, 6) is 0. The minimum Gasteiger partial charge on any atom is -0.147 e. The summed E-state index contributed by atoms with van der Waals surface area (Å²) in [5.41, 5.74) is 0. The molecule has 1 aromatic heterocycles. The van der Waals surface area contributed by atoms with E-state index in [1.807, 2.05) is 11.3 Å². The molecule has 0 amide bonds. The summed E-state index contributed by atoms with van der Waals surface area (Å²) in [6.07, 6.45) is 8.00. The van der Waals surface area contributed by atoms with Gasteiger partial charge >= 0.3 is 82.4 Å². The maximum atomic E-state index is 2.31. The molecule has 0 aliphatic heterocycles. The second-order valence-electron chi connectivity index (χ2n) is 2.43. The molecule has 0 radical (unpaired) electrons. The molecule has 0 aromatic carbocycles. The van der Waals surface area contributed by atoms with E-state index in [0.717, 1.165) is 0 Å². The predicted molar refractivity (Wildman–Crippen MR) is 53.0 cm³/mol. The Balaban J connectivity index is 0.000000720. The first-order chi connectivity index (χ1) is 5.45. The largest absolute Gasteiger partial charge is 0.147 e. The van der Waals surface area contributed by atoms with E-state index in [1.54, 1.807) is 5.96 Å². The molecule has 0 bridgehead atoms. The zero-order valence-corrected chi connectivity index (χ0v) is 11.7. The molecule has 2 rings (SSSR count). The SMILES string of the molecule is C1=CC[C]([Hf][c]2cccs2)=C1.Cl. The van der Waals surface area contributed by atoms with Crippen LogP contribution in [0.25, 0.3) is 0 Å². The van der Waals surface area contributed by atoms with Gasteiger partial charge in [0.25, 0.3) is 0 Å². The molecule has 0 unspecified atom stereocenters. The molecule has 0 atom stereocenters. The molecule has 62 valence electrons. The van der Waals surface area contributed by atoms with Crippen molar-refractivity contribution < 1.29 is 22.9 Å². The van der Waals surface area contributed by atoms with E-state index in [-0.39, 0.29) is 12.4 Å². The minimum atomic E-state index is -0.563. The second-order valence-corrected chi connectivity index (χ2v) is 9.82. The molecule has 0 N–H and O–H groups in total. The van der Waals surface area contributed by atoms with Crippen LogP contribution in [0.3, 0.4) is 0 Å². The van der Waals surface area contributed by atoms with Crippen molar-refractivity contribution in [2.24, 2.45) is 0 Å². The van der Waals surface area contributed by atoms with Gasteiger partial charge in [0.2, 0.25) is 0 Å². The molecule has 1 aliphatic rings. The van der Waals surface area contributed by atoms with Crippen molar-refractivity contribution in [2.75, 3.05) is 0 Å². The maximum absolute atomic E-state index is 2.31. The maximum Gasteiger partial charge on any atom is -0.147 e. The Hall–Kier alpha value is 0.340. The standard InChI is InChI=1S/C5H5.C4H3S.ClH.Hf/c2*1-2-4-5-3-1;;/h1-3H,4H2;1-3H;1H;. The Morgan fingerprint density at radius 2 is 2.33 bits per heavy atom. The van der Waals surface area contributed by atoms with Crippen molar-refractivity contribution in [1.82, 2.24) is 0 Å². The zero-order chi connectivity index (χ0) is 7.52. The van der Waals surface area contributed by atoms with Crippen LogP contribution in [0.2, 0.25) is 0 Å². The predicted octanol–water partition coefficient (Wildman–Crippen LogP) is 2.72. The molecule has 0 saturated carbocycles. The van der Waals surface area contributed by atoms with Crippen LogP contribution in [-0.4, -0.2) is 0 Å². The van der Waals surface area contributed by atoms with Crippen molar-refractivity contribution in [1.29, 1.82) is 0 Å². The summed E-state index contributed by atoms with van der Waals surface area (Å²) in [7, 11) is 0. The van der Waals surface area contributed by atoms with Crippen LogP contribution in [-0.2, 0) is 22.9 Å². The van der Waals surface area contributed by atoms with Gasteiger partial charge in [-0.3, -0.25) is 0 Å². The van der Waals surface area contributed by atoms with E-state index in [9.17, 15) is 0 Å². The second kappa shape index (κ2) is 5.15. The number of thiophene rings is 1. The van der Waals surface area contributed by atoms with Gasteiger partial charge in [0.1, 0.15) is 0 Å². The van der Waals surface area contributed by atoms with E-state index in [4.69, 9.17) is 0 Å². The fourth-order valence-corrected chi connectivity index (χ4v) is 7.23. The van der Waals surface area contributed by atoms with E-state index in [0.29, 0.717) is 0 Å². The van der Waals surface area contributed by atoms with Gasteiger partial charge in [0, 0.05) is 0 Å². The Morgan fingerprint density at radius 1 is 1.42 bits per heavy atom. The topological polar surface area (TPSA) is 0 Å². The van der Waals surface area contributed by atoms with E-state index < -0.39 is 22.9 Å². The van der Waals surface area contributed by atoms with Gasteiger partial charge in [-0.15, -0.1) is 12.4 Å². The van der Waals surface area contributed by atoms with Gasteiger partial charge in [0.15, 0.2) is 0 Å². The van der Waals surface area contributed by atoms with Gasteiger partial charge < -0.3 is 0 Å². The van der Waals surface area contributed by atoms with Crippen LogP contribution >= 0.6 is 23.7 Å².